The molecular formula is C25H38N2OS. The van der Waals surface area contributed by atoms with Crippen molar-refractivity contribution in [3.05, 3.63) is 30.3 Å². The number of thiocarbonyl (C=S) groups is 1. The van der Waals surface area contributed by atoms with Crippen LogP contribution in [-0.2, 0) is 4.74 Å². The first-order valence-electron chi connectivity index (χ1n) is 11.7. The molecule has 0 aliphatic heterocycles. The molecule has 160 valence electrons. The fraction of sp³-hybridized carbons (Fsp3) is 0.720. The number of ether oxygens (including phenoxy) is 1. The zero-order valence-electron chi connectivity index (χ0n) is 18.5. The van der Waals surface area contributed by atoms with Gasteiger partial charge in [0.25, 0.3) is 0 Å². The van der Waals surface area contributed by atoms with Crippen LogP contribution < -0.4 is 5.32 Å². The van der Waals surface area contributed by atoms with Gasteiger partial charge in [0.1, 0.15) is 0 Å². The van der Waals surface area contributed by atoms with Gasteiger partial charge < -0.3 is 15.0 Å². The third-order valence-corrected chi connectivity index (χ3v) is 9.00. The molecule has 1 aromatic rings. The Hall–Kier alpha value is -1.13. The molecule has 29 heavy (non-hydrogen) atoms. The molecule has 1 aromatic carbocycles. The number of anilines is 1. The fourth-order valence-electron chi connectivity index (χ4n) is 6.24. The third kappa shape index (κ3) is 4.07. The number of benzene rings is 1. The van der Waals surface area contributed by atoms with Crippen molar-refractivity contribution in [1.29, 1.82) is 0 Å². The number of nitrogens with zero attached hydrogens (tertiary/aromatic N) is 1. The standard InChI is InChI=1S/C25H38N2OS/c1-24(2)19-14-15-25(24,3)22(18-19)28-17-16-27(21-12-8-5-9-13-21)23(29)26-20-10-6-4-7-11-20/h4,6-7,10-11,19,21-22H,5,8-9,12-18H2,1-3H3,(H,26,29)/t19-,22+,25+/m0/s1. The van der Waals surface area contributed by atoms with Gasteiger partial charge in [-0.2, -0.15) is 0 Å². The van der Waals surface area contributed by atoms with E-state index in [4.69, 9.17) is 17.0 Å². The molecule has 1 N–H and O–H groups in total. The van der Waals surface area contributed by atoms with Crippen molar-refractivity contribution in [3.8, 4) is 0 Å². The average Bonchev–Trinajstić information content (AvgIpc) is 3.06. The number of nitrogens with one attached hydrogen (secondary N) is 1. The van der Waals surface area contributed by atoms with Gasteiger partial charge in [-0.3, -0.25) is 0 Å². The van der Waals surface area contributed by atoms with E-state index >= 15 is 0 Å². The Balaban J connectivity index is 1.37. The Morgan fingerprint density at radius 1 is 1.10 bits per heavy atom. The monoisotopic (exact) mass is 414 g/mol. The number of rotatable bonds is 6. The Kier molecular flexibility index (Phi) is 6.22. The van der Waals surface area contributed by atoms with Gasteiger partial charge in [0.15, 0.2) is 5.11 Å². The van der Waals surface area contributed by atoms with E-state index in [1.54, 1.807) is 0 Å². The van der Waals surface area contributed by atoms with Gasteiger partial charge in [-0.15, -0.1) is 0 Å². The van der Waals surface area contributed by atoms with E-state index in [9.17, 15) is 0 Å². The summed E-state index contributed by atoms with van der Waals surface area (Å²) < 4.78 is 6.57. The largest absolute Gasteiger partial charge is 0.376 e. The molecular weight excluding hydrogens is 376 g/mol. The molecule has 3 saturated carbocycles. The maximum Gasteiger partial charge on any atom is 0.173 e. The van der Waals surface area contributed by atoms with E-state index in [1.807, 2.05) is 6.07 Å². The molecule has 3 atom stereocenters. The summed E-state index contributed by atoms with van der Waals surface area (Å²) >= 11 is 5.86. The number of hydrogen-bond acceptors (Lipinski definition) is 2. The second-order valence-corrected chi connectivity index (χ2v) is 10.6. The van der Waals surface area contributed by atoms with Crippen molar-refractivity contribution in [2.24, 2.45) is 16.7 Å². The molecule has 0 amide bonds. The van der Waals surface area contributed by atoms with Crippen LogP contribution in [0.25, 0.3) is 0 Å². The zero-order chi connectivity index (χ0) is 20.5. The predicted molar refractivity (Wildman–Crippen MR) is 125 cm³/mol. The molecule has 3 aliphatic rings. The Morgan fingerprint density at radius 2 is 1.83 bits per heavy atom. The maximum atomic E-state index is 6.57. The molecule has 2 bridgehead atoms. The number of para-hydroxylation sites is 1. The lowest BCUT2D eigenvalue weighted by atomic mass is 9.70. The van der Waals surface area contributed by atoms with Gasteiger partial charge in [-0.05, 0) is 73.2 Å². The van der Waals surface area contributed by atoms with Crippen molar-refractivity contribution >= 4 is 23.0 Å². The Bertz CT molecular complexity index is 700. The summed E-state index contributed by atoms with van der Waals surface area (Å²) in [6, 6.07) is 10.9. The molecule has 0 unspecified atom stereocenters. The number of fused-ring (bicyclic) bond motifs is 2. The summed E-state index contributed by atoms with van der Waals surface area (Å²) in [5.74, 6) is 0.827. The summed E-state index contributed by atoms with van der Waals surface area (Å²) in [7, 11) is 0. The van der Waals surface area contributed by atoms with Crippen molar-refractivity contribution in [2.75, 3.05) is 18.5 Å². The van der Waals surface area contributed by atoms with Gasteiger partial charge in [0.05, 0.1) is 12.7 Å². The second-order valence-electron chi connectivity index (χ2n) is 10.3. The molecule has 3 nitrogen and oxygen atoms in total. The highest BCUT2D eigenvalue weighted by Gasteiger charge is 2.61. The second kappa shape index (κ2) is 8.55. The SMILES string of the molecule is CC1(C)[C@H]2CC[C@]1(C)[C@H](OCCN(C(=S)Nc1ccccc1)C1CCCCC1)C2. The summed E-state index contributed by atoms with van der Waals surface area (Å²) in [5.41, 5.74) is 1.81. The van der Waals surface area contributed by atoms with E-state index < -0.39 is 0 Å². The minimum Gasteiger partial charge on any atom is -0.376 e. The van der Waals surface area contributed by atoms with E-state index in [1.165, 1.54) is 51.4 Å². The van der Waals surface area contributed by atoms with E-state index in [-0.39, 0.29) is 0 Å². The van der Waals surface area contributed by atoms with Crippen molar-refractivity contribution in [2.45, 2.75) is 84.3 Å². The Morgan fingerprint density at radius 3 is 2.45 bits per heavy atom. The minimum absolute atomic E-state index is 0.329. The average molecular weight is 415 g/mol. The summed E-state index contributed by atoms with van der Waals surface area (Å²) in [5, 5.41) is 4.32. The first-order chi connectivity index (χ1) is 13.9. The highest BCUT2D eigenvalue weighted by molar-refractivity contribution is 7.80. The van der Waals surface area contributed by atoms with Gasteiger partial charge in [-0.1, -0.05) is 58.2 Å². The highest BCUT2D eigenvalue weighted by atomic mass is 32.1. The summed E-state index contributed by atoms with van der Waals surface area (Å²) in [6.45, 7) is 9.05. The van der Waals surface area contributed by atoms with Crippen molar-refractivity contribution < 1.29 is 4.74 Å². The topological polar surface area (TPSA) is 24.5 Å². The molecule has 0 aromatic heterocycles. The molecule has 3 aliphatic carbocycles. The van der Waals surface area contributed by atoms with E-state index in [2.05, 4.69) is 55.3 Å². The first-order valence-corrected chi connectivity index (χ1v) is 12.1. The lowest BCUT2D eigenvalue weighted by Crippen LogP contribution is -2.46. The molecule has 0 radical (unpaired) electrons. The van der Waals surface area contributed by atoms with Gasteiger partial charge in [0.2, 0.25) is 0 Å². The van der Waals surface area contributed by atoms with Crippen LogP contribution in [-0.4, -0.2) is 35.3 Å². The van der Waals surface area contributed by atoms with Crippen LogP contribution in [0.1, 0.15) is 72.1 Å². The number of hydrogen-bond donors (Lipinski definition) is 1. The van der Waals surface area contributed by atoms with Gasteiger partial charge in [0, 0.05) is 18.3 Å². The molecule has 4 rings (SSSR count). The van der Waals surface area contributed by atoms with Crippen LogP contribution in [0.4, 0.5) is 5.69 Å². The highest BCUT2D eigenvalue weighted by Crippen LogP contribution is 2.66. The first kappa shape index (κ1) is 21.1. The fourth-order valence-corrected chi connectivity index (χ4v) is 6.59. The van der Waals surface area contributed by atoms with Gasteiger partial charge >= 0.3 is 0 Å². The zero-order valence-corrected chi connectivity index (χ0v) is 19.3. The lowest BCUT2D eigenvalue weighted by molar-refractivity contribution is -0.0505. The lowest BCUT2D eigenvalue weighted by Gasteiger charge is -2.40. The molecule has 4 heteroatoms. The van der Waals surface area contributed by atoms with Crippen molar-refractivity contribution in [3.63, 3.8) is 0 Å². The van der Waals surface area contributed by atoms with E-state index in [0.717, 1.165) is 29.9 Å². The van der Waals surface area contributed by atoms with E-state index in [0.29, 0.717) is 23.0 Å². The van der Waals surface area contributed by atoms with Gasteiger partial charge in [-0.25, -0.2) is 0 Å². The smallest absolute Gasteiger partial charge is 0.173 e. The quantitative estimate of drug-likeness (QED) is 0.556. The maximum absolute atomic E-state index is 6.57. The predicted octanol–water partition coefficient (Wildman–Crippen LogP) is 6.25. The van der Waals surface area contributed by atoms with Crippen LogP contribution >= 0.6 is 12.2 Å². The van der Waals surface area contributed by atoms with Crippen LogP contribution in [0.3, 0.4) is 0 Å². The Labute approximate surface area is 182 Å². The molecule has 0 spiro atoms. The van der Waals surface area contributed by atoms with Crippen LogP contribution in [0.15, 0.2) is 30.3 Å². The summed E-state index contributed by atoms with van der Waals surface area (Å²) in [6.07, 6.45) is 10.8. The molecule has 0 heterocycles. The normalized spacial score (nSPS) is 31.0. The van der Waals surface area contributed by atoms with Crippen LogP contribution in [0, 0.1) is 16.7 Å². The van der Waals surface area contributed by atoms with Crippen LogP contribution in [0.2, 0.25) is 0 Å². The minimum atomic E-state index is 0.329. The summed E-state index contributed by atoms with van der Waals surface area (Å²) in [4.78, 5) is 2.42. The third-order valence-electron chi connectivity index (χ3n) is 8.67. The molecule has 0 saturated heterocycles. The van der Waals surface area contributed by atoms with Crippen LogP contribution in [0.5, 0.6) is 0 Å². The molecule has 3 fully saturated rings. The van der Waals surface area contributed by atoms with Crippen molar-refractivity contribution in [1.82, 2.24) is 4.90 Å².